The van der Waals surface area contributed by atoms with Crippen LogP contribution in [-0.2, 0) is 9.47 Å². The van der Waals surface area contributed by atoms with E-state index >= 15 is 0 Å². The minimum atomic E-state index is -0.130. The molecule has 10 heavy (non-hydrogen) atoms. The van der Waals surface area contributed by atoms with Crippen LogP contribution in [0.25, 0.3) is 0 Å². The molecule has 1 fully saturated rings. The summed E-state index contributed by atoms with van der Waals surface area (Å²) >= 11 is 0. The summed E-state index contributed by atoms with van der Waals surface area (Å²) in [5.74, 6) is 2.73. The fourth-order valence-electron chi connectivity index (χ4n) is 1.15. The molecular weight excluding hydrogens is 128 g/mol. The summed E-state index contributed by atoms with van der Waals surface area (Å²) in [7, 11) is 1.66. The smallest absolute Gasteiger partial charge is 0.0799 e. The number of hydrogen-bond acceptors (Lipinski definition) is 2. The van der Waals surface area contributed by atoms with Crippen LogP contribution >= 0.6 is 0 Å². The Morgan fingerprint density at radius 3 is 3.00 bits per heavy atom. The third-order valence-electron chi connectivity index (χ3n) is 1.83. The molecule has 0 bridgehead atoms. The lowest BCUT2D eigenvalue weighted by Gasteiger charge is -2.18. The van der Waals surface area contributed by atoms with E-state index in [1.807, 2.05) is 0 Å². The van der Waals surface area contributed by atoms with Crippen LogP contribution in [0.3, 0.4) is 0 Å². The van der Waals surface area contributed by atoms with Gasteiger partial charge in [0.15, 0.2) is 0 Å². The number of ether oxygens (including phenoxy) is 2. The predicted octanol–water partition coefficient (Wildman–Crippen LogP) is 0.673. The van der Waals surface area contributed by atoms with Crippen LogP contribution in [0.4, 0.5) is 0 Å². The first-order valence-corrected chi connectivity index (χ1v) is 3.37. The Morgan fingerprint density at radius 1 is 1.80 bits per heavy atom. The summed E-state index contributed by atoms with van der Waals surface area (Å²) in [5, 5.41) is 0. The molecule has 0 radical (unpaired) electrons. The monoisotopic (exact) mass is 140 g/mol. The van der Waals surface area contributed by atoms with E-state index in [0.29, 0.717) is 13.2 Å². The molecule has 1 atom stereocenters. The molecule has 0 N–H and O–H groups in total. The molecule has 1 heterocycles. The number of rotatable bonds is 2. The minimum Gasteiger partial charge on any atom is -0.383 e. The second kappa shape index (κ2) is 3.05. The Bertz CT molecular complexity index is 140. The quantitative estimate of drug-likeness (QED) is 0.525. The zero-order valence-corrected chi connectivity index (χ0v) is 6.22. The van der Waals surface area contributed by atoms with Crippen LogP contribution in [-0.4, -0.2) is 26.9 Å². The lowest BCUT2D eigenvalue weighted by atomic mass is 9.90. The van der Waals surface area contributed by atoms with Gasteiger partial charge in [-0.2, -0.15) is 0 Å². The normalized spacial score (nSPS) is 32.0. The number of terminal acetylenes is 1. The Morgan fingerprint density at radius 2 is 2.60 bits per heavy atom. The van der Waals surface area contributed by atoms with Crippen LogP contribution in [0.1, 0.15) is 6.42 Å². The van der Waals surface area contributed by atoms with Gasteiger partial charge < -0.3 is 9.47 Å². The summed E-state index contributed by atoms with van der Waals surface area (Å²) in [6.07, 6.45) is 6.27. The Kier molecular flexibility index (Phi) is 2.31. The molecule has 0 aliphatic carbocycles. The Balaban J connectivity index is 2.51. The van der Waals surface area contributed by atoms with Gasteiger partial charge in [0.1, 0.15) is 0 Å². The van der Waals surface area contributed by atoms with Gasteiger partial charge >= 0.3 is 0 Å². The van der Waals surface area contributed by atoms with Gasteiger partial charge in [-0.15, -0.1) is 6.42 Å². The maximum Gasteiger partial charge on any atom is 0.0799 e. The second-order valence-corrected chi connectivity index (χ2v) is 2.66. The fraction of sp³-hybridized carbons (Fsp3) is 0.750. The molecule has 2 heteroatoms. The van der Waals surface area contributed by atoms with E-state index in [2.05, 4.69) is 5.92 Å². The van der Waals surface area contributed by atoms with E-state index in [-0.39, 0.29) is 5.41 Å². The molecule has 0 aromatic carbocycles. The van der Waals surface area contributed by atoms with Crippen molar-refractivity contribution in [3.63, 3.8) is 0 Å². The molecule has 1 unspecified atom stereocenters. The summed E-state index contributed by atoms with van der Waals surface area (Å²) in [4.78, 5) is 0. The van der Waals surface area contributed by atoms with Gasteiger partial charge in [-0.1, -0.05) is 5.92 Å². The highest BCUT2D eigenvalue weighted by Crippen LogP contribution is 2.27. The van der Waals surface area contributed by atoms with Crippen LogP contribution < -0.4 is 0 Å². The van der Waals surface area contributed by atoms with Crippen molar-refractivity contribution in [2.45, 2.75) is 6.42 Å². The molecule has 0 spiro atoms. The summed E-state index contributed by atoms with van der Waals surface area (Å²) in [6, 6.07) is 0. The van der Waals surface area contributed by atoms with Gasteiger partial charge in [-0.3, -0.25) is 0 Å². The minimum absolute atomic E-state index is 0.130. The topological polar surface area (TPSA) is 18.5 Å². The first-order valence-electron chi connectivity index (χ1n) is 3.37. The largest absolute Gasteiger partial charge is 0.383 e. The van der Waals surface area contributed by atoms with Gasteiger partial charge in [-0.25, -0.2) is 0 Å². The predicted molar refractivity (Wildman–Crippen MR) is 38.6 cm³/mol. The van der Waals surface area contributed by atoms with E-state index in [1.165, 1.54) is 0 Å². The average molecular weight is 140 g/mol. The zero-order valence-electron chi connectivity index (χ0n) is 6.22. The maximum atomic E-state index is 5.34. The first-order chi connectivity index (χ1) is 4.83. The summed E-state index contributed by atoms with van der Waals surface area (Å²) in [6.45, 7) is 2.04. The van der Waals surface area contributed by atoms with Crippen molar-refractivity contribution in [3.8, 4) is 12.3 Å². The van der Waals surface area contributed by atoms with Crippen molar-refractivity contribution in [1.29, 1.82) is 0 Å². The lowest BCUT2D eigenvalue weighted by molar-refractivity contribution is 0.0972. The molecule has 0 amide bonds. The molecule has 1 aliphatic rings. The molecule has 0 saturated carbocycles. The molecule has 0 aromatic rings. The van der Waals surface area contributed by atoms with E-state index in [9.17, 15) is 0 Å². The highest BCUT2D eigenvalue weighted by molar-refractivity contribution is 5.07. The Labute approximate surface area is 61.5 Å². The van der Waals surface area contributed by atoms with E-state index in [0.717, 1.165) is 13.0 Å². The third-order valence-corrected chi connectivity index (χ3v) is 1.83. The van der Waals surface area contributed by atoms with Crippen LogP contribution in [0.15, 0.2) is 0 Å². The van der Waals surface area contributed by atoms with Crippen molar-refractivity contribution in [1.82, 2.24) is 0 Å². The molecular formula is C8H12O2. The van der Waals surface area contributed by atoms with Crippen molar-refractivity contribution in [2.75, 3.05) is 26.9 Å². The van der Waals surface area contributed by atoms with Gasteiger partial charge in [0, 0.05) is 13.7 Å². The van der Waals surface area contributed by atoms with Gasteiger partial charge in [0.2, 0.25) is 0 Å². The molecule has 1 aliphatic heterocycles. The highest BCUT2D eigenvalue weighted by atomic mass is 16.5. The SMILES string of the molecule is C#CC1(COC)CCOC1. The van der Waals surface area contributed by atoms with Crippen molar-refractivity contribution in [3.05, 3.63) is 0 Å². The second-order valence-electron chi connectivity index (χ2n) is 2.66. The van der Waals surface area contributed by atoms with E-state index in [4.69, 9.17) is 15.9 Å². The van der Waals surface area contributed by atoms with Crippen molar-refractivity contribution in [2.24, 2.45) is 5.41 Å². The van der Waals surface area contributed by atoms with Gasteiger partial charge in [0.05, 0.1) is 18.6 Å². The van der Waals surface area contributed by atoms with E-state index in [1.54, 1.807) is 7.11 Å². The first kappa shape index (κ1) is 7.59. The van der Waals surface area contributed by atoms with Crippen LogP contribution in [0.2, 0.25) is 0 Å². The van der Waals surface area contributed by atoms with Gasteiger partial charge in [0.25, 0.3) is 0 Å². The summed E-state index contributed by atoms with van der Waals surface area (Å²) < 4.78 is 10.2. The van der Waals surface area contributed by atoms with Crippen LogP contribution in [0, 0.1) is 17.8 Å². The lowest BCUT2D eigenvalue weighted by Crippen LogP contribution is -2.24. The average Bonchev–Trinajstić information content (AvgIpc) is 2.39. The van der Waals surface area contributed by atoms with Gasteiger partial charge in [-0.05, 0) is 6.42 Å². The molecule has 56 valence electrons. The summed E-state index contributed by atoms with van der Waals surface area (Å²) in [5.41, 5.74) is -0.130. The standard InChI is InChI=1S/C8H12O2/c1-3-8(6-9-2)4-5-10-7-8/h1H,4-7H2,2H3. The number of methoxy groups -OCH3 is 1. The molecule has 1 saturated heterocycles. The van der Waals surface area contributed by atoms with Crippen LogP contribution in [0.5, 0.6) is 0 Å². The molecule has 2 nitrogen and oxygen atoms in total. The maximum absolute atomic E-state index is 5.34. The molecule has 0 aromatic heterocycles. The Hall–Kier alpha value is -0.520. The van der Waals surface area contributed by atoms with Crippen molar-refractivity contribution < 1.29 is 9.47 Å². The fourth-order valence-corrected chi connectivity index (χ4v) is 1.15. The number of hydrogen-bond donors (Lipinski definition) is 0. The van der Waals surface area contributed by atoms with Crippen molar-refractivity contribution >= 4 is 0 Å². The third kappa shape index (κ3) is 1.31. The highest BCUT2D eigenvalue weighted by Gasteiger charge is 2.32. The molecule has 1 rings (SSSR count). The van der Waals surface area contributed by atoms with E-state index < -0.39 is 0 Å². The zero-order chi connectivity index (χ0) is 7.45.